The van der Waals surface area contributed by atoms with Crippen LogP contribution in [0.1, 0.15) is 21.6 Å². The van der Waals surface area contributed by atoms with Gasteiger partial charge in [-0.2, -0.15) is 0 Å². The molecule has 3 N–H and O–H groups in total. The molecule has 0 bridgehead atoms. The quantitative estimate of drug-likeness (QED) is 0.681. The molecule has 2 aromatic carbocycles. The van der Waals surface area contributed by atoms with Crippen LogP contribution in [0.4, 0.5) is 11.5 Å². The number of carbonyl (C=O) groups is 1. The Labute approximate surface area is 156 Å². The SMILES string of the molecule is Cc1cc(C(=O)Nc2cccc(Oc3ccccc3Cl)c2)c(N)nc1C. The van der Waals surface area contributed by atoms with E-state index in [0.717, 1.165) is 11.3 Å². The number of para-hydroxylation sites is 1. The fraction of sp³-hybridized carbons (Fsp3) is 0.100. The number of carbonyl (C=O) groups excluding carboxylic acids is 1. The van der Waals surface area contributed by atoms with Gasteiger partial charge in [0.1, 0.15) is 17.3 Å². The van der Waals surface area contributed by atoms with Crippen LogP contribution in [-0.2, 0) is 0 Å². The first-order valence-corrected chi connectivity index (χ1v) is 8.39. The minimum atomic E-state index is -0.326. The maximum absolute atomic E-state index is 12.5. The first-order valence-electron chi connectivity index (χ1n) is 8.01. The van der Waals surface area contributed by atoms with Crippen molar-refractivity contribution in [3.8, 4) is 11.5 Å². The number of rotatable bonds is 4. The van der Waals surface area contributed by atoms with Gasteiger partial charge in [-0.25, -0.2) is 4.98 Å². The highest BCUT2D eigenvalue weighted by Gasteiger charge is 2.13. The van der Waals surface area contributed by atoms with Crippen LogP contribution in [0, 0.1) is 13.8 Å². The average molecular weight is 368 g/mol. The summed E-state index contributed by atoms with van der Waals surface area (Å²) in [4.78, 5) is 16.7. The molecule has 1 aromatic heterocycles. The fourth-order valence-corrected chi connectivity index (χ4v) is 2.57. The smallest absolute Gasteiger partial charge is 0.259 e. The van der Waals surface area contributed by atoms with Crippen LogP contribution < -0.4 is 15.8 Å². The Morgan fingerprint density at radius 1 is 1.12 bits per heavy atom. The lowest BCUT2D eigenvalue weighted by atomic mass is 10.1. The number of nitrogens with one attached hydrogen (secondary N) is 1. The molecule has 0 fully saturated rings. The highest BCUT2D eigenvalue weighted by Crippen LogP contribution is 2.30. The van der Waals surface area contributed by atoms with Crippen molar-refractivity contribution in [3.05, 3.63) is 76.4 Å². The second-order valence-electron chi connectivity index (χ2n) is 5.84. The second-order valence-corrected chi connectivity index (χ2v) is 6.25. The number of amides is 1. The zero-order valence-electron chi connectivity index (χ0n) is 14.4. The van der Waals surface area contributed by atoms with Crippen molar-refractivity contribution in [1.82, 2.24) is 4.98 Å². The maximum atomic E-state index is 12.5. The number of aryl methyl sites for hydroxylation is 2. The summed E-state index contributed by atoms with van der Waals surface area (Å²) in [6.45, 7) is 3.74. The van der Waals surface area contributed by atoms with E-state index in [1.54, 1.807) is 42.5 Å². The zero-order valence-corrected chi connectivity index (χ0v) is 15.2. The lowest BCUT2D eigenvalue weighted by Gasteiger charge is -2.11. The van der Waals surface area contributed by atoms with E-state index in [0.29, 0.717) is 27.8 Å². The lowest BCUT2D eigenvalue weighted by molar-refractivity contribution is 0.102. The molecule has 1 heterocycles. The molecule has 0 aliphatic heterocycles. The number of nitrogens with zero attached hydrogens (tertiary/aromatic N) is 1. The Hall–Kier alpha value is -3.05. The third kappa shape index (κ3) is 3.95. The third-order valence-corrected chi connectivity index (χ3v) is 4.21. The predicted molar refractivity (Wildman–Crippen MR) is 104 cm³/mol. The number of nitrogens with two attached hydrogens (primary N) is 1. The van der Waals surface area contributed by atoms with Crippen LogP contribution in [0.3, 0.4) is 0 Å². The largest absolute Gasteiger partial charge is 0.456 e. The van der Waals surface area contributed by atoms with Crippen molar-refractivity contribution in [1.29, 1.82) is 0 Å². The minimum Gasteiger partial charge on any atom is -0.456 e. The van der Waals surface area contributed by atoms with Crippen LogP contribution in [0.2, 0.25) is 5.02 Å². The van der Waals surface area contributed by atoms with Crippen LogP contribution in [0.5, 0.6) is 11.5 Å². The van der Waals surface area contributed by atoms with Crippen molar-refractivity contribution < 1.29 is 9.53 Å². The van der Waals surface area contributed by atoms with Gasteiger partial charge < -0.3 is 15.8 Å². The molecule has 0 saturated heterocycles. The van der Waals surface area contributed by atoms with Crippen LogP contribution in [-0.4, -0.2) is 10.9 Å². The summed E-state index contributed by atoms with van der Waals surface area (Å²) in [5.41, 5.74) is 8.50. The minimum absolute atomic E-state index is 0.203. The van der Waals surface area contributed by atoms with Gasteiger partial charge >= 0.3 is 0 Å². The Kier molecular flexibility index (Phi) is 5.09. The molecule has 0 unspecified atom stereocenters. The van der Waals surface area contributed by atoms with Gasteiger partial charge in [-0.3, -0.25) is 4.79 Å². The van der Waals surface area contributed by atoms with Crippen LogP contribution in [0.15, 0.2) is 54.6 Å². The molecule has 1 amide bonds. The summed E-state index contributed by atoms with van der Waals surface area (Å²) in [5.74, 6) is 0.976. The van der Waals surface area contributed by atoms with Gasteiger partial charge in [-0.1, -0.05) is 29.8 Å². The van der Waals surface area contributed by atoms with Crippen molar-refractivity contribution in [2.45, 2.75) is 13.8 Å². The molecule has 3 rings (SSSR count). The average Bonchev–Trinajstić information content (AvgIpc) is 2.60. The molecule has 0 saturated carbocycles. The summed E-state index contributed by atoms with van der Waals surface area (Å²) in [6, 6.07) is 16.0. The molecular formula is C20H18ClN3O2. The summed E-state index contributed by atoms with van der Waals surface area (Å²) in [6.07, 6.45) is 0. The highest BCUT2D eigenvalue weighted by molar-refractivity contribution is 6.32. The van der Waals surface area contributed by atoms with E-state index in [4.69, 9.17) is 22.1 Å². The molecule has 5 nitrogen and oxygen atoms in total. The normalized spacial score (nSPS) is 10.4. The van der Waals surface area contributed by atoms with Crippen molar-refractivity contribution in [2.24, 2.45) is 0 Å². The zero-order chi connectivity index (χ0) is 18.7. The molecule has 0 radical (unpaired) electrons. The topological polar surface area (TPSA) is 77.2 Å². The van der Waals surface area contributed by atoms with E-state index in [-0.39, 0.29) is 11.7 Å². The molecule has 0 aliphatic rings. The number of benzene rings is 2. The van der Waals surface area contributed by atoms with Crippen molar-refractivity contribution >= 4 is 29.0 Å². The van der Waals surface area contributed by atoms with Gasteiger partial charge in [-0.05, 0) is 49.7 Å². The van der Waals surface area contributed by atoms with E-state index >= 15 is 0 Å². The summed E-state index contributed by atoms with van der Waals surface area (Å²) in [5, 5.41) is 3.32. The molecule has 0 atom stereocenters. The number of nitrogen functional groups attached to an aromatic ring is 1. The molecule has 26 heavy (non-hydrogen) atoms. The molecule has 132 valence electrons. The highest BCUT2D eigenvalue weighted by atomic mass is 35.5. The first-order chi connectivity index (χ1) is 12.4. The summed E-state index contributed by atoms with van der Waals surface area (Å²) >= 11 is 6.11. The van der Waals surface area contributed by atoms with E-state index in [1.165, 1.54) is 0 Å². The van der Waals surface area contributed by atoms with E-state index in [1.807, 2.05) is 26.0 Å². The molecule has 6 heteroatoms. The van der Waals surface area contributed by atoms with Gasteiger partial charge in [0.05, 0.1) is 10.6 Å². The van der Waals surface area contributed by atoms with E-state index in [2.05, 4.69) is 10.3 Å². The lowest BCUT2D eigenvalue weighted by Crippen LogP contribution is -2.15. The van der Waals surface area contributed by atoms with E-state index < -0.39 is 0 Å². The summed E-state index contributed by atoms with van der Waals surface area (Å²) in [7, 11) is 0. The van der Waals surface area contributed by atoms with Crippen molar-refractivity contribution in [2.75, 3.05) is 11.1 Å². The van der Waals surface area contributed by atoms with Crippen molar-refractivity contribution in [3.63, 3.8) is 0 Å². The Morgan fingerprint density at radius 2 is 1.88 bits per heavy atom. The van der Waals surface area contributed by atoms with Gasteiger partial charge in [0, 0.05) is 17.4 Å². The fourth-order valence-electron chi connectivity index (χ4n) is 2.40. The maximum Gasteiger partial charge on any atom is 0.259 e. The number of hydrogen-bond donors (Lipinski definition) is 2. The predicted octanol–water partition coefficient (Wildman–Crippen LogP) is 4.98. The van der Waals surface area contributed by atoms with Crippen LogP contribution in [0.25, 0.3) is 0 Å². The third-order valence-electron chi connectivity index (χ3n) is 3.90. The number of hydrogen-bond acceptors (Lipinski definition) is 4. The molecular weight excluding hydrogens is 350 g/mol. The Balaban J connectivity index is 1.80. The number of aromatic nitrogens is 1. The van der Waals surface area contributed by atoms with Gasteiger partial charge in [0.25, 0.3) is 5.91 Å². The number of anilines is 2. The number of ether oxygens (including phenoxy) is 1. The monoisotopic (exact) mass is 367 g/mol. The first kappa shape index (κ1) is 17.8. The number of halogens is 1. The van der Waals surface area contributed by atoms with Gasteiger partial charge in [0.15, 0.2) is 0 Å². The van der Waals surface area contributed by atoms with Gasteiger partial charge in [0.2, 0.25) is 0 Å². The molecule has 0 aliphatic carbocycles. The Morgan fingerprint density at radius 3 is 2.65 bits per heavy atom. The second kappa shape index (κ2) is 7.45. The number of pyridine rings is 1. The standard InChI is InChI=1S/C20H18ClN3O2/c1-12-10-16(19(22)23-13(12)2)20(25)24-14-6-5-7-15(11-14)26-18-9-4-3-8-17(18)21/h3-11H,1-2H3,(H2,22,23)(H,24,25). The van der Waals surface area contributed by atoms with Gasteiger partial charge in [-0.15, -0.1) is 0 Å². The summed E-state index contributed by atoms with van der Waals surface area (Å²) < 4.78 is 5.78. The molecule has 3 aromatic rings. The van der Waals surface area contributed by atoms with Crippen LogP contribution >= 0.6 is 11.6 Å². The van der Waals surface area contributed by atoms with E-state index in [9.17, 15) is 4.79 Å². The Bertz CT molecular complexity index is 973. The molecule has 0 spiro atoms.